The van der Waals surface area contributed by atoms with Crippen LogP contribution >= 0.6 is 23.2 Å². The summed E-state index contributed by atoms with van der Waals surface area (Å²) in [4.78, 5) is 25.6. The summed E-state index contributed by atoms with van der Waals surface area (Å²) in [6, 6.07) is 11.9. The number of hydrogen-bond acceptors (Lipinski definition) is 4. The van der Waals surface area contributed by atoms with Crippen LogP contribution in [0.25, 0.3) is 0 Å². The van der Waals surface area contributed by atoms with Gasteiger partial charge in [0.25, 0.3) is 0 Å². The minimum absolute atomic E-state index is 0.181. The van der Waals surface area contributed by atoms with Crippen LogP contribution in [0.15, 0.2) is 42.5 Å². The van der Waals surface area contributed by atoms with E-state index in [0.717, 1.165) is 5.56 Å². The minimum atomic E-state index is -0.342. The molecule has 2 aromatic carbocycles. The molecule has 0 aliphatic heterocycles. The van der Waals surface area contributed by atoms with Crippen LogP contribution < -0.4 is 4.74 Å². The molecule has 0 bridgehead atoms. The van der Waals surface area contributed by atoms with Gasteiger partial charge in [0.05, 0.1) is 10.7 Å². The summed E-state index contributed by atoms with van der Waals surface area (Å²) in [6.07, 6.45) is 0. The molecule has 0 aliphatic rings. The first-order valence-electron chi connectivity index (χ1n) is 8.54. The SMILES string of the molecule is Cc1ccccc1C(=O)COc1c(C(=O)c2ccc(Cl)cc2Cl)c(C)nn1C. The Morgan fingerprint density at radius 1 is 1.07 bits per heavy atom. The largest absolute Gasteiger partial charge is 0.469 e. The van der Waals surface area contributed by atoms with Gasteiger partial charge in [0.15, 0.2) is 6.61 Å². The van der Waals surface area contributed by atoms with E-state index >= 15 is 0 Å². The molecule has 0 unspecified atom stereocenters. The third-order valence-corrected chi connectivity index (χ3v) is 4.91. The van der Waals surface area contributed by atoms with Crippen LogP contribution in [-0.2, 0) is 7.05 Å². The summed E-state index contributed by atoms with van der Waals surface area (Å²) in [5.74, 6) is -0.305. The van der Waals surface area contributed by atoms with E-state index in [0.29, 0.717) is 16.3 Å². The molecular formula is C21H18Cl2N2O3. The summed E-state index contributed by atoms with van der Waals surface area (Å²) >= 11 is 12.1. The Balaban J connectivity index is 1.90. The van der Waals surface area contributed by atoms with Crippen LogP contribution in [0.5, 0.6) is 5.88 Å². The lowest BCUT2D eigenvalue weighted by Crippen LogP contribution is -2.16. The maximum absolute atomic E-state index is 13.1. The van der Waals surface area contributed by atoms with Gasteiger partial charge in [-0.05, 0) is 37.6 Å². The molecule has 0 N–H and O–H groups in total. The van der Waals surface area contributed by atoms with Gasteiger partial charge >= 0.3 is 0 Å². The highest BCUT2D eigenvalue weighted by Gasteiger charge is 2.25. The lowest BCUT2D eigenvalue weighted by atomic mass is 10.0. The normalized spacial score (nSPS) is 10.8. The number of aromatic nitrogens is 2. The molecule has 1 heterocycles. The van der Waals surface area contributed by atoms with Crippen molar-refractivity contribution in [3.05, 3.63) is 80.5 Å². The van der Waals surface area contributed by atoms with Crippen molar-refractivity contribution < 1.29 is 14.3 Å². The number of ether oxygens (including phenoxy) is 1. The average Bonchev–Trinajstić information content (AvgIpc) is 2.92. The number of carbonyl (C=O) groups is 2. The van der Waals surface area contributed by atoms with Crippen molar-refractivity contribution >= 4 is 34.8 Å². The molecule has 0 amide bonds. The molecule has 0 fully saturated rings. The molecule has 0 atom stereocenters. The van der Waals surface area contributed by atoms with E-state index < -0.39 is 0 Å². The first-order chi connectivity index (χ1) is 13.3. The molecule has 0 aliphatic carbocycles. The predicted octanol–water partition coefficient (Wildman–Crippen LogP) is 4.84. The first kappa shape index (κ1) is 20.1. The van der Waals surface area contributed by atoms with Crippen molar-refractivity contribution in [2.75, 3.05) is 6.61 Å². The van der Waals surface area contributed by atoms with Crippen molar-refractivity contribution in [3.63, 3.8) is 0 Å². The lowest BCUT2D eigenvalue weighted by Gasteiger charge is -2.10. The van der Waals surface area contributed by atoms with Crippen LogP contribution in [0.4, 0.5) is 0 Å². The van der Waals surface area contributed by atoms with Gasteiger partial charge in [-0.15, -0.1) is 0 Å². The molecule has 0 radical (unpaired) electrons. The summed E-state index contributed by atoms with van der Waals surface area (Å²) < 4.78 is 7.17. The van der Waals surface area contributed by atoms with Gasteiger partial charge in [0.1, 0.15) is 5.56 Å². The lowest BCUT2D eigenvalue weighted by molar-refractivity contribution is 0.0907. The molecule has 0 spiro atoms. The topological polar surface area (TPSA) is 61.2 Å². The Morgan fingerprint density at radius 3 is 2.46 bits per heavy atom. The zero-order valence-electron chi connectivity index (χ0n) is 15.6. The van der Waals surface area contributed by atoms with Gasteiger partial charge in [-0.3, -0.25) is 9.59 Å². The predicted molar refractivity (Wildman–Crippen MR) is 109 cm³/mol. The molecular weight excluding hydrogens is 399 g/mol. The van der Waals surface area contributed by atoms with E-state index in [1.807, 2.05) is 19.1 Å². The summed E-state index contributed by atoms with van der Waals surface area (Å²) in [6.45, 7) is 3.35. The minimum Gasteiger partial charge on any atom is -0.469 e. The van der Waals surface area contributed by atoms with Crippen LogP contribution in [0, 0.1) is 13.8 Å². The second-order valence-corrected chi connectivity index (χ2v) is 7.21. The molecule has 5 nitrogen and oxygen atoms in total. The van der Waals surface area contributed by atoms with Crippen LogP contribution in [0.3, 0.4) is 0 Å². The maximum atomic E-state index is 13.1. The fraction of sp³-hybridized carbons (Fsp3) is 0.190. The summed E-state index contributed by atoms with van der Waals surface area (Å²) in [7, 11) is 1.65. The smallest absolute Gasteiger partial charge is 0.223 e. The van der Waals surface area contributed by atoms with Crippen LogP contribution in [0.2, 0.25) is 10.0 Å². The molecule has 1 aromatic heterocycles. The second-order valence-electron chi connectivity index (χ2n) is 6.37. The van der Waals surface area contributed by atoms with Crippen molar-refractivity contribution in [1.82, 2.24) is 9.78 Å². The average molecular weight is 417 g/mol. The van der Waals surface area contributed by atoms with Gasteiger partial charge < -0.3 is 4.74 Å². The van der Waals surface area contributed by atoms with Crippen molar-refractivity contribution in [3.8, 4) is 5.88 Å². The number of rotatable bonds is 6. The standard InChI is InChI=1S/C21H18Cl2N2O3/c1-12-6-4-5-7-15(12)18(26)11-28-21-19(13(2)24-25(21)3)20(27)16-9-8-14(22)10-17(16)23/h4-10H,11H2,1-3H3. The number of Topliss-reactive ketones (excluding diaryl/α,β-unsaturated/α-hetero) is 1. The van der Waals surface area contributed by atoms with Gasteiger partial charge in [0, 0.05) is 23.2 Å². The number of benzene rings is 2. The zero-order chi connectivity index (χ0) is 20.4. The number of halogens is 2. The zero-order valence-corrected chi connectivity index (χ0v) is 17.1. The highest BCUT2D eigenvalue weighted by Crippen LogP contribution is 2.29. The van der Waals surface area contributed by atoms with Gasteiger partial charge in [-0.25, -0.2) is 4.68 Å². The Hall–Kier alpha value is -2.63. The van der Waals surface area contributed by atoms with Crippen molar-refractivity contribution in [2.24, 2.45) is 7.05 Å². The molecule has 0 saturated carbocycles. The van der Waals surface area contributed by atoms with Gasteiger partial charge in [-0.1, -0.05) is 47.5 Å². The number of carbonyl (C=O) groups excluding carboxylic acids is 2. The van der Waals surface area contributed by atoms with E-state index in [2.05, 4.69) is 5.10 Å². The van der Waals surface area contributed by atoms with E-state index in [4.69, 9.17) is 27.9 Å². The van der Waals surface area contributed by atoms with Crippen LogP contribution in [-0.4, -0.2) is 28.0 Å². The van der Waals surface area contributed by atoms with Crippen LogP contribution in [0.1, 0.15) is 37.5 Å². The Morgan fingerprint density at radius 2 is 1.79 bits per heavy atom. The van der Waals surface area contributed by atoms with E-state index in [1.54, 1.807) is 38.2 Å². The van der Waals surface area contributed by atoms with E-state index in [-0.39, 0.29) is 40.2 Å². The first-order valence-corrected chi connectivity index (χ1v) is 9.30. The number of aryl methyl sites for hydroxylation is 3. The molecule has 3 aromatic rings. The third-order valence-electron chi connectivity index (χ3n) is 4.36. The Labute approximate surface area is 172 Å². The van der Waals surface area contributed by atoms with Gasteiger partial charge in [0.2, 0.25) is 17.4 Å². The Bertz CT molecular complexity index is 1070. The number of ketones is 2. The Kier molecular flexibility index (Phi) is 5.87. The number of nitrogens with zero attached hydrogens (tertiary/aromatic N) is 2. The summed E-state index contributed by atoms with van der Waals surface area (Å²) in [5, 5.41) is 4.94. The highest BCUT2D eigenvalue weighted by atomic mass is 35.5. The highest BCUT2D eigenvalue weighted by molar-refractivity contribution is 6.37. The molecule has 3 rings (SSSR count). The third kappa shape index (κ3) is 3.96. The molecule has 28 heavy (non-hydrogen) atoms. The van der Waals surface area contributed by atoms with Gasteiger partial charge in [-0.2, -0.15) is 5.10 Å². The molecule has 0 saturated heterocycles. The monoisotopic (exact) mass is 416 g/mol. The maximum Gasteiger partial charge on any atom is 0.223 e. The summed E-state index contributed by atoms with van der Waals surface area (Å²) in [5.41, 5.74) is 2.48. The fourth-order valence-corrected chi connectivity index (χ4v) is 3.46. The molecule has 7 heteroatoms. The fourth-order valence-electron chi connectivity index (χ4n) is 2.97. The number of hydrogen-bond donors (Lipinski definition) is 0. The second kappa shape index (κ2) is 8.17. The quantitative estimate of drug-likeness (QED) is 0.539. The van der Waals surface area contributed by atoms with E-state index in [9.17, 15) is 9.59 Å². The van der Waals surface area contributed by atoms with E-state index in [1.165, 1.54) is 10.7 Å². The molecule has 144 valence electrons. The van der Waals surface area contributed by atoms with Crippen molar-refractivity contribution in [1.29, 1.82) is 0 Å². The van der Waals surface area contributed by atoms with Crippen molar-refractivity contribution in [2.45, 2.75) is 13.8 Å².